The van der Waals surface area contributed by atoms with Gasteiger partial charge in [0.05, 0.1) is 0 Å². The first-order valence-corrected chi connectivity index (χ1v) is 7.36. The molecule has 0 rings (SSSR count). The van der Waals surface area contributed by atoms with E-state index in [0.717, 1.165) is 38.5 Å². The van der Waals surface area contributed by atoms with Crippen LogP contribution in [-0.2, 0) is 4.79 Å². The summed E-state index contributed by atoms with van der Waals surface area (Å²) < 4.78 is 0. The molecule has 0 bridgehead atoms. The Balaban J connectivity index is 3.40. The third-order valence-electron chi connectivity index (χ3n) is 2.62. The summed E-state index contributed by atoms with van der Waals surface area (Å²) in [7, 11) is 0. The van der Waals surface area contributed by atoms with Gasteiger partial charge in [0.15, 0.2) is 0 Å². The van der Waals surface area contributed by atoms with Crippen LogP contribution < -0.4 is 0 Å². The number of allylic oxidation sites excluding steroid dienone is 8. The molecule has 0 heterocycles. The maximum absolute atomic E-state index is 10.7. The molecule has 0 aliphatic heterocycles. The topological polar surface area (TPSA) is 17.1 Å². The maximum atomic E-state index is 10.7. The van der Waals surface area contributed by atoms with E-state index in [-0.39, 0.29) is 5.78 Å². The third-order valence-corrected chi connectivity index (χ3v) is 2.62. The molecule has 106 valence electrons. The number of Topliss-reactive ketones (excluding diaryl/α,β-unsaturated/α-hetero) is 1. The third kappa shape index (κ3) is 16.6. The fraction of sp³-hybridized carbons (Fsp3) is 0.500. The van der Waals surface area contributed by atoms with Crippen molar-refractivity contribution >= 4 is 5.78 Å². The zero-order valence-electron chi connectivity index (χ0n) is 12.5. The quantitative estimate of drug-likeness (QED) is 0.351. The second-order valence-electron chi connectivity index (χ2n) is 4.60. The van der Waals surface area contributed by atoms with Crippen molar-refractivity contribution < 1.29 is 4.79 Å². The van der Waals surface area contributed by atoms with E-state index in [1.807, 2.05) is 0 Å². The van der Waals surface area contributed by atoms with Gasteiger partial charge in [0.1, 0.15) is 5.78 Å². The molecule has 0 aromatic rings. The summed E-state index contributed by atoms with van der Waals surface area (Å²) >= 11 is 0. The second-order valence-corrected chi connectivity index (χ2v) is 4.60. The zero-order chi connectivity index (χ0) is 14.2. The van der Waals surface area contributed by atoms with E-state index in [0.29, 0.717) is 6.42 Å². The number of ketones is 1. The minimum Gasteiger partial charge on any atom is -0.300 e. The Morgan fingerprint density at radius 1 is 0.789 bits per heavy atom. The van der Waals surface area contributed by atoms with E-state index in [9.17, 15) is 4.79 Å². The lowest BCUT2D eigenvalue weighted by Crippen LogP contribution is -1.87. The monoisotopic (exact) mass is 260 g/mol. The molecule has 0 aromatic heterocycles. The van der Waals surface area contributed by atoms with Crippen molar-refractivity contribution in [3.05, 3.63) is 48.6 Å². The van der Waals surface area contributed by atoms with Crippen LogP contribution in [0.3, 0.4) is 0 Å². The molecule has 0 amide bonds. The number of hydrogen-bond acceptors (Lipinski definition) is 1. The highest BCUT2D eigenvalue weighted by atomic mass is 16.1. The molecule has 0 aliphatic rings. The number of hydrogen-bond donors (Lipinski definition) is 0. The smallest absolute Gasteiger partial charge is 0.129 e. The highest BCUT2D eigenvalue weighted by Crippen LogP contribution is 1.99. The minimum atomic E-state index is 0.286. The van der Waals surface area contributed by atoms with Crippen LogP contribution >= 0.6 is 0 Å². The van der Waals surface area contributed by atoms with Crippen molar-refractivity contribution in [1.29, 1.82) is 0 Å². The van der Waals surface area contributed by atoms with E-state index in [2.05, 4.69) is 55.5 Å². The lowest BCUT2D eigenvalue weighted by atomic mass is 10.2. The van der Waals surface area contributed by atoms with E-state index in [1.165, 1.54) is 0 Å². The first kappa shape index (κ1) is 17.6. The van der Waals surface area contributed by atoms with Gasteiger partial charge in [-0.05, 0) is 45.4 Å². The molecular formula is C18H28O. The average molecular weight is 260 g/mol. The van der Waals surface area contributed by atoms with Crippen molar-refractivity contribution in [1.82, 2.24) is 0 Å². The SMILES string of the molecule is CCC=CCC=CCC=CCC=CCCCC(C)=O. The first-order chi connectivity index (χ1) is 9.27. The van der Waals surface area contributed by atoms with Crippen LogP contribution in [0.15, 0.2) is 48.6 Å². The van der Waals surface area contributed by atoms with Gasteiger partial charge >= 0.3 is 0 Å². The molecule has 0 N–H and O–H groups in total. The number of carbonyl (C=O) groups excluding carboxylic acids is 1. The summed E-state index contributed by atoms with van der Waals surface area (Å²) in [5.74, 6) is 0.286. The van der Waals surface area contributed by atoms with Gasteiger partial charge in [0.2, 0.25) is 0 Å². The molecule has 0 fully saturated rings. The Morgan fingerprint density at radius 2 is 1.26 bits per heavy atom. The summed E-state index contributed by atoms with van der Waals surface area (Å²) in [6, 6.07) is 0. The highest BCUT2D eigenvalue weighted by molar-refractivity contribution is 5.75. The van der Waals surface area contributed by atoms with Gasteiger partial charge in [-0.3, -0.25) is 0 Å². The normalized spacial score (nSPS) is 12.5. The van der Waals surface area contributed by atoms with Gasteiger partial charge in [0, 0.05) is 6.42 Å². The van der Waals surface area contributed by atoms with Gasteiger partial charge < -0.3 is 4.79 Å². The summed E-state index contributed by atoms with van der Waals surface area (Å²) in [4.78, 5) is 10.7. The predicted octanol–water partition coefficient (Wildman–Crippen LogP) is 5.55. The van der Waals surface area contributed by atoms with Crippen LogP contribution in [0.25, 0.3) is 0 Å². The molecule has 0 radical (unpaired) electrons. The molecule has 0 saturated heterocycles. The molecule has 0 atom stereocenters. The molecule has 0 aliphatic carbocycles. The molecule has 19 heavy (non-hydrogen) atoms. The minimum absolute atomic E-state index is 0.286. The summed E-state index contributed by atoms with van der Waals surface area (Å²) in [5.41, 5.74) is 0. The van der Waals surface area contributed by atoms with Crippen LogP contribution in [0.1, 0.15) is 58.8 Å². The van der Waals surface area contributed by atoms with Crippen LogP contribution in [0, 0.1) is 0 Å². The Hall–Kier alpha value is -1.37. The highest BCUT2D eigenvalue weighted by Gasteiger charge is 1.89. The van der Waals surface area contributed by atoms with E-state index in [4.69, 9.17) is 0 Å². The molecule has 0 aromatic carbocycles. The fourth-order valence-corrected chi connectivity index (χ4v) is 1.57. The van der Waals surface area contributed by atoms with Crippen molar-refractivity contribution in [2.24, 2.45) is 0 Å². The number of rotatable bonds is 11. The molecule has 1 heteroatoms. The fourth-order valence-electron chi connectivity index (χ4n) is 1.57. The Bertz CT molecular complexity index is 319. The summed E-state index contributed by atoms with van der Waals surface area (Å²) in [5, 5.41) is 0. The molecule has 1 nitrogen and oxygen atoms in total. The molecule has 0 saturated carbocycles. The maximum Gasteiger partial charge on any atom is 0.129 e. The van der Waals surface area contributed by atoms with Crippen LogP contribution in [0.2, 0.25) is 0 Å². The lowest BCUT2D eigenvalue weighted by Gasteiger charge is -1.90. The van der Waals surface area contributed by atoms with Gasteiger partial charge in [-0.15, -0.1) is 0 Å². The molecule has 0 unspecified atom stereocenters. The predicted molar refractivity (Wildman–Crippen MR) is 85.2 cm³/mol. The lowest BCUT2D eigenvalue weighted by molar-refractivity contribution is -0.117. The standard InChI is InChI=1S/C18H28O/c1-3-4-5-6-7-8-9-10-11-12-13-14-15-16-17-18(2)19/h4-5,7-8,10-11,13-14H,3,6,9,12,15-17H2,1-2H3. The first-order valence-electron chi connectivity index (χ1n) is 7.36. The van der Waals surface area contributed by atoms with Gasteiger partial charge in [0.25, 0.3) is 0 Å². The van der Waals surface area contributed by atoms with Gasteiger partial charge in [-0.2, -0.15) is 0 Å². The average Bonchev–Trinajstić information content (AvgIpc) is 2.39. The van der Waals surface area contributed by atoms with Gasteiger partial charge in [-0.1, -0.05) is 55.5 Å². The van der Waals surface area contributed by atoms with Gasteiger partial charge in [-0.25, -0.2) is 0 Å². The Morgan fingerprint density at radius 3 is 1.74 bits per heavy atom. The van der Waals surface area contributed by atoms with Crippen LogP contribution in [-0.4, -0.2) is 5.78 Å². The Labute approximate surface area is 118 Å². The summed E-state index contributed by atoms with van der Waals surface area (Å²) in [6.45, 7) is 3.80. The number of carbonyl (C=O) groups is 1. The zero-order valence-corrected chi connectivity index (χ0v) is 12.5. The number of unbranched alkanes of at least 4 members (excludes halogenated alkanes) is 1. The van der Waals surface area contributed by atoms with E-state index < -0.39 is 0 Å². The Kier molecular flexibility index (Phi) is 13.6. The van der Waals surface area contributed by atoms with E-state index in [1.54, 1.807) is 6.92 Å². The van der Waals surface area contributed by atoms with Crippen molar-refractivity contribution in [3.8, 4) is 0 Å². The van der Waals surface area contributed by atoms with Crippen molar-refractivity contribution in [3.63, 3.8) is 0 Å². The van der Waals surface area contributed by atoms with E-state index >= 15 is 0 Å². The molecular weight excluding hydrogens is 232 g/mol. The van der Waals surface area contributed by atoms with Crippen LogP contribution in [0.5, 0.6) is 0 Å². The summed E-state index contributed by atoms with van der Waals surface area (Å²) in [6.07, 6.45) is 24.4. The van der Waals surface area contributed by atoms with Crippen molar-refractivity contribution in [2.75, 3.05) is 0 Å². The largest absolute Gasteiger partial charge is 0.300 e. The molecule has 0 spiro atoms. The second kappa shape index (κ2) is 14.7. The van der Waals surface area contributed by atoms with Crippen molar-refractivity contribution in [2.45, 2.75) is 58.8 Å². The van der Waals surface area contributed by atoms with Crippen LogP contribution in [0.4, 0.5) is 0 Å².